The molecule has 0 aliphatic rings. The Hall–Kier alpha value is -1.55. The molecule has 0 aliphatic heterocycles. The van der Waals surface area contributed by atoms with Crippen LogP contribution < -0.4 is 15.6 Å². The Bertz CT molecular complexity index is 351. The fraction of sp³-hybridized carbons (Fsp3) is 0.417. The van der Waals surface area contributed by atoms with E-state index in [2.05, 4.69) is 10.9 Å². The molecule has 4 heteroatoms. The van der Waals surface area contributed by atoms with Crippen molar-refractivity contribution in [2.45, 2.75) is 26.8 Å². The molecular weight excluding hydrogens is 204 g/mol. The van der Waals surface area contributed by atoms with E-state index in [9.17, 15) is 4.79 Å². The van der Waals surface area contributed by atoms with Gasteiger partial charge in [0, 0.05) is 6.04 Å². The highest BCUT2D eigenvalue weighted by molar-refractivity contribution is 5.77. The molecule has 0 bridgehead atoms. The van der Waals surface area contributed by atoms with E-state index in [-0.39, 0.29) is 18.6 Å². The molecule has 4 nitrogen and oxygen atoms in total. The average Bonchev–Trinajstić information content (AvgIpc) is 2.25. The standard InChI is InChI=1S/C12H18N2O2/c1-9(2)13-14-12(15)8-16-11-7-5-4-6-10(11)3/h4-7,9,13H,8H2,1-3H3,(H,14,15). The maximum Gasteiger partial charge on any atom is 0.271 e. The number of ether oxygens (including phenoxy) is 1. The zero-order chi connectivity index (χ0) is 12.0. The van der Waals surface area contributed by atoms with Crippen LogP contribution in [0.5, 0.6) is 5.75 Å². The van der Waals surface area contributed by atoms with Crippen LogP contribution in [0.1, 0.15) is 19.4 Å². The highest BCUT2D eigenvalue weighted by atomic mass is 16.5. The number of benzene rings is 1. The molecule has 0 fully saturated rings. The van der Waals surface area contributed by atoms with Crippen LogP contribution in [-0.4, -0.2) is 18.6 Å². The number of carbonyl (C=O) groups is 1. The summed E-state index contributed by atoms with van der Waals surface area (Å²) in [5.41, 5.74) is 6.39. The maximum atomic E-state index is 11.3. The maximum absolute atomic E-state index is 11.3. The first-order chi connectivity index (χ1) is 7.59. The number of carbonyl (C=O) groups excluding carboxylic acids is 1. The number of aryl methyl sites for hydroxylation is 1. The SMILES string of the molecule is Cc1ccccc1OCC(=O)NNC(C)C. The molecule has 88 valence electrons. The van der Waals surface area contributed by atoms with Crippen LogP contribution >= 0.6 is 0 Å². The van der Waals surface area contributed by atoms with Gasteiger partial charge in [-0.05, 0) is 32.4 Å². The smallest absolute Gasteiger partial charge is 0.271 e. The van der Waals surface area contributed by atoms with E-state index in [4.69, 9.17) is 4.74 Å². The van der Waals surface area contributed by atoms with Crippen molar-refractivity contribution in [3.8, 4) is 5.75 Å². The van der Waals surface area contributed by atoms with Gasteiger partial charge in [0.25, 0.3) is 5.91 Å². The average molecular weight is 222 g/mol. The van der Waals surface area contributed by atoms with Crippen molar-refractivity contribution in [3.63, 3.8) is 0 Å². The van der Waals surface area contributed by atoms with Gasteiger partial charge in [-0.1, -0.05) is 18.2 Å². The Labute approximate surface area is 96.0 Å². The lowest BCUT2D eigenvalue weighted by Gasteiger charge is -2.11. The molecule has 1 rings (SSSR count). The van der Waals surface area contributed by atoms with Crippen molar-refractivity contribution in [2.75, 3.05) is 6.61 Å². The van der Waals surface area contributed by atoms with E-state index in [0.29, 0.717) is 0 Å². The molecule has 0 atom stereocenters. The Morgan fingerprint density at radius 2 is 2.06 bits per heavy atom. The van der Waals surface area contributed by atoms with E-state index in [1.54, 1.807) is 0 Å². The first kappa shape index (κ1) is 12.5. The number of hydrogen-bond donors (Lipinski definition) is 2. The van der Waals surface area contributed by atoms with E-state index >= 15 is 0 Å². The normalized spacial score (nSPS) is 10.2. The number of hydrazine groups is 1. The van der Waals surface area contributed by atoms with Crippen molar-refractivity contribution in [1.29, 1.82) is 0 Å². The van der Waals surface area contributed by atoms with Crippen LogP contribution in [0.2, 0.25) is 0 Å². The predicted octanol–water partition coefficient (Wildman–Crippen LogP) is 1.40. The minimum atomic E-state index is -0.183. The minimum Gasteiger partial charge on any atom is -0.483 e. The van der Waals surface area contributed by atoms with Gasteiger partial charge in [0.05, 0.1) is 0 Å². The van der Waals surface area contributed by atoms with Crippen molar-refractivity contribution in [3.05, 3.63) is 29.8 Å². The number of nitrogens with one attached hydrogen (secondary N) is 2. The molecule has 16 heavy (non-hydrogen) atoms. The fourth-order valence-corrected chi connectivity index (χ4v) is 1.12. The third kappa shape index (κ3) is 4.31. The largest absolute Gasteiger partial charge is 0.483 e. The summed E-state index contributed by atoms with van der Waals surface area (Å²) in [6.45, 7) is 5.86. The molecular formula is C12H18N2O2. The molecule has 0 radical (unpaired) electrons. The molecule has 1 aromatic carbocycles. The van der Waals surface area contributed by atoms with Gasteiger partial charge in [-0.25, -0.2) is 5.43 Å². The molecule has 0 aliphatic carbocycles. The van der Waals surface area contributed by atoms with Gasteiger partial charge in [0.15, 0.2) is 6.61 Å². The summed E-state index contributed by atoms with van der Waals surface area (Å²) < 4.78 is 5.38. The topological polar surface area (TPSA) is 50.4 Å². The first-order valence-electron chi connectivity index (χ1n) is 5.32. The zero-order valence-corrected chi connectivity index (χ0v) is 9.91. The van der Waals surface area contributed by atoms with Crippen molar-refractivity contribution in [2.24, 2.45) is 0 Å². The summed E-state index contributed by atoms with van der Waals surface area (Å²) in [5.74, 6) is 0.555. The summed E-state index contributed by atoms with van der Waals surface area (Å²) in [7, 11) is 0. The molecule has 0 saturated heterocycles. The molecule has 0 aromatic heterocycles. The molecule has 0 heterocycles. The van der Waals surface area contributed by atoms with Crippen LogP contribution in [0.4, 0.5) is 0 Å². The lowest BCUT2D eigenvalue weighted by Crippen LogP contribution is -2.43. The molecule has 1 aromatic rings. The van der Waals surface area contributed by atoms with Crippen LogP contribution in [0, 0.1) is 6.92 Å². The van der Waals surface area contributed by atoms with Crippen molar-refractivity contribution < 1.29 is 9.53 Å². The van der Waals surface area contributed by atoms with Gasteiger partial charge in [-0.3, -0.25) is 10.2 Å². The number of amides is 1. The molecule has 2 N–H and O–H groups in total. The second-order valence-electron chi connectivity index (χ2n) is 3.90. The van der Waals surface area contributed by atoms with Crippen LogP contribution in [0.3, 0.4) is 0 Å². The van der Waals surface area contributed by atoms with E-state index < -0.39 is 0 Å². The van der Waals surface area contributed by atoms with Gasteiger partial charge in [0.2, 0.25) is 0 Å². The Kier molecular flexibility index (Phi) is 4.79. The van der Waals surface area contributed by atoms with E-state index in [0.717, 1.165) is 11.3 Å². The fourth-order valence-electron chi connectivity index (χ4n) is 1.12. The molecule has 0 saturated carbocycles. The highest BCUT2D eigenvalue weighted by Crippen LogP contribution is 2.15. The summed E-state index contributed by atoms with van der Waals surface area (Å²) in [5, 5.41) is 0. The van der Waals surface area contributed by atoms with Crippen LogP contribution in [0.15, 0.2) is 24.3 Å². The summed E-state index contributed by atoms with van der Waals surface area (Å²) >= 11 is 0. The van der Waals surface area contributed by atoms with Gasteiger partial charge < -0.3 is 4.74 Å². The second-order valence-corrected chi connectivity index (χ2v) is 3.90. The third-order valence-corrected chi connectivity index (χ3v) is 1.95. The van der Waals surface area contributed by atoms with Crippen LogP contribution in [-0.2, 0) is 4.79 Å². The van der Waals surface area contributed by atoms with E-state index in [1.165, 1.54) is 0 Å². The van der Waals surface area contributed by atoms with Gasteiger partial charge in [0.1, 0.15) is 5.75 Å². The minimum absolute atomic E-state index is 0.0184. The zero-order valence-electron chi connectivity index (χ0n) is 9.91. The predicted molar refractivity (Wildman–Crippen MR) is 63.1 cm³/mol. The molecule has 0 unspecified atom stereocenters. The number of rotatable bonds is 5. The Balaban J connectivity index is 2.35. The number of para-hydroxylation sites is 1. The van der Waals surface area contributed by atoms with Crippen LogP contribution in [0.25, 0.3) is 0 Å². The number of hydrogen-bond acceptors (Lipinski definition) is 3. The Morgan fingerprint density at radius 1 is 1.38 bits per heavy atom. The van der Waals surface area contributed by atoms with Crippen molar-refractivity contribution in [1.82, 2.24) is 10.9 Å². The van der Waals surface area contributed by atoms with Gasteiger partial charge in [-0.2, -0.15) is 0 Å². The third-order valence-electron chi connectivity index (χ3n) is 1.95. The summed E-state index contributed by atoms with van der Waals surface area (Å²) in [6.07, 6.45) is 0. The summed E-state index contributed by atoms with van der Waals surface area (Å²) in [4.78, 5) is 11.3. The summed E-state index contributed by atoms with van der Waals surface area (Å²) in [6, 6.07) is 7.82. The lowest BCUT2D eigenvalue weighted by atomic mass is 10.2. The molecule has 0 spiro atoms. The Morgan fingerprint density at radius 3 is 2.69 bits per heavy atom. The van der Waals surface area contributed by atoms with E-state index in [1.807, 2.05) is 45.0 Å². The van der Waals surface area contributed by atoms with Gasteiger partial charge in [-0.15, -0.1) is 0 Å². The quantitative estimate of drug-likeness (QED) is 0.740. The van der Waals surface area contributed by atoms with Crippen molar-refractivity contribution >= 4 is 5.91 Å². The van der Waals surface area contributed by atoms with Gasteiger partial charge >= 0.3 is 0 Å². The lowest BCUT2D eigenvalue weighted by molar-refractivity contribution is -0.124. The molecule has 1 amide bonds. The first-order valence-corrected chi connectivity index (χ1v) is 5.32. The second kappa shape index (κ2) is 6.12. The monoisotopic (exact) mass is 222 g/mol. The highest BCUT2D eigenvalue weighted by Gasteiger charge is 2.04.